The zero-order valence-corrected chi connectivity index (χ0v) is 46.0. The van der Waals surface area contributed by atoms with Crippen LogP contribution < -0.4 is 10.6 Å². The fraction of sp³-hybridized carbons (Fsp3) is 0.904. The van der Waals surface area contributed by atoms with E-state index in [-0.39, 0.29) is 25.8 Å². The zero-order valence-electron chi connectivity index (χ0n) is 46.0. The minimum atomic E-state index is -1.99. The molecule has 416 valence electrons. The van der Waals surface area contributed by atoms with E-state index in [0.717, 1.165) is 12.8 Å². The Hall–Kier alpha value is -3.21. The molecule has 4 aliphatic rings. The third-order valence-electron chi connectivity index (χ3n) is 15.7. The van der Waals surface area contributed by atoms with Gasteiger partial charge in [-0.25, -0.2) is 4.79 Å². The first kappa shape index (κ1) is 61.3. The van der Waals surface area contributed by atoms with E-state index in [4.69, 9.17) is 42.7 Å². The summed E-state index contributed by atoms with van der Waals surface area (Å²) in [6.07, 6.45) is -3.18. The number of aliphatic hydroxyl groups excluding tert-OH is 1. The van der Waals surface area contributed by atoms with Crippen molar-refractivity contribution in [2.24, 2.45) is 34.7 Å². The predicted octanol–water partition coefficient (Wildman–Crippen LogP) is 5.00. The van der Waals surface area contributed by atoms with Crippen LogP contribution in [0, 0.1) is 29.6 Å². The highest BCUT2D eigenvalue weighted by atomic mass is 16.7. The van der Waals surface area contributed by atoms with E-state index in [1.807, 2.05) is 32.8 Å². The van der Waals surface area contributed by atoms with Crippen LogP contribution in [-0.4, -0.2) is 176 Å². The molecule has 0 radical (unpaired) electrons. The van der Waals surface area contributed by atoms with Crippen LogP contribution in [0.5, 0.6) is 0 Å². The van der Waals surface area contributed by atoms with Crippen LogP contribution >= 0.6 is 0 Å². The Morgan fingerprint density at radius 2 is 1.57 bits per heavy atom. The molecular weight excluding hydrogens is 937 g/mol. The molecule has 0 aromatic heterocycles. The number of carbonyl (C=O) groups excluding carboxylic acids is 4. The van der Waals surface area contributed by atoms with Crippen LogP contribution in [-0.2, 0) is 57.1 Å². The average molecular weight is 1030 g/mol. The molecule has 2 amide bonds. The van der Waals surface area contributed by atoms with Crippen LogP contribution in [0.25, 0.3) is 0 Å². The minimum absolute atomic E-state index is 0.0431. The number of cyclic esters (lactones) is 1. The van der Waals surface area contributed by atoms with E-state index < -0.39 is 132 Å². The molecule has 20 heteroatoms. The lowest BCUT2D eigenvalue weighted by Crippen LogP contribution is -2.62. The Bertz CT molecular complexity index is 1780. The highest BCUT2D eigenvalue weighted by Gasteiger charge is 2.55. The van der Waals surface area contributed by atoms with Crippen molar-refractivity contribution in [3.05, 3.63) is 0 Å². The monoisotopic (exact) mass is 1030 g/mol. The molecule has 0 aromatic carbocycles. The van der Waals surface area contributed by atoms with Crippen LogP contribution in [0.4, 0.5) is 4.79 Å². The average Bonchev–Trinajstić information content (AvgIpc) is 3.32. The van der Waals surface area contributed by atoms with Crippen LogP contribution in [0.3, 0.4) is 0 Å². The van der Waals surface area contributed by atoms with E-state index in [2.05, 4.69) is 15.8 Å². The molecule has 3 heterocycles. The molecule has 20 nitrogen and oxygen atoms in total. The standard InChI is InChI=1S/C52H92N4O16/c1-16-38-52(11,63)44(59)31(4)41(55-65-24-20-23-36-21-18-17-19-22-36)29(2)26-50(9,62)45(72-48-43(37(56(13)14)25-30(3)66-48)71-49(61)54-28-39(58)53-12)32(5)42(33(6)47(60)69-38)70-40-27-51(10,64-15)46(34(7)67-40)68-35(8)57/h29-34,36-38,40,42-46,48,59,62-63H,16-28H2,1-15H3,(H,53,58)(H,54,61)/b55-41+/t29-,30-,31-,32+,33-,34+,37+,38+,40+,42+,43-,44-,45-,46+,48?,50?,51-,52-/m1/s1. The first-order chi connectivity index (χ1) is 33.7. The Kier molecular flexibility index (Phi) is 23.0. The predicted molar refractivity (Wildman–Crippen MR) is 266 cm³/mol. The molecule has 1 aliphatic carbocycles. The van der Waals surface area contributed by atoms with Gasteiger partial charge in [-0.1, -0.05) is 65.0 Å². The Morgan fingerprint density at radius 3 is 2.17 bits per heavy atom. The largest absolute Gasteiger partial charge is 0.459 e. The fourth-order valence-corrected chi connectivity index (χ4v) is 11.5. The zero-order chi connectivity index (χ0) is 53.9. The summed E-state index contributed by atoms with van der Waals surface area (Å²) >= 11 is 0. The van der Waals surface area contributed by atoms with E-state index in [1.165, 1.54) is 60.1 Å². The highest BCUT2D eigenvalue weighted by molar-refractivity contribution is 5.89. The topological polar surface area (TPSA) is 252 Å². The number of nitrogens with one attached hydrogen (secondary N) is 2. The second kappa shape index (κ2) is 27.0. The van der Waals surface area contributed by atoms with E-state index in [0.29, 0.717) is 24.7 Å². The smallest absolute Gasteiger partial charge is 0.408 e. The van der Waals surface area contributed by atoms with E-state index in [9.17, 15) is 34.5 Å². The number of rotatable bonds is 16. The second-order valence-electron chi connectivity index (χ2n) is 22.1. The molecule has 1 saturated carbocycles. The molecule has 5 N–H and O–H groups in total. The van der Waals surface area contributed by atoms with Crippen molar-refractivity contribution >= 4 is 29.7 Å². The number of hydrogen-bond donors (Lipinski definition) is 5. The number of ether oxygens (including phenoxy) is 8. The number of methoxy groups -OCH3 is 1. The molecule has 2 unspecified atom stereocenters. The van der Waals surface area contributed by atoms with Gasteiger partial charge in [-0.15, -0.1) is 0 Å². The van der Waals surface area contributed by atoms with Gasteiger partial charge in [0.15, 0.2) is 24.8 Å². The second-order valence-corrected chi connectivity index (χ2v) is 22.1. The quantitative estimate of drug-likeness (QED) is 0.0590. The molecule has 3 aliphatic heterocycles. The van der Waals surface area contributed by atoms with Gasteiger partial charge in [0.25, 0.3) is 0 Å². The number of carbonyl (C=O) groups is 4. The highest BCUT2D eigenvalue weighted by Crippen LogP contribution is 2.42. The summed E-state index contributed by atoms with van der Waals surface area (Å²) in [4.78, 5) is 60.4. The Balaban J connectivity index is 1.88. The van der Waals surface area contributed by atoms with Gasteiger partial charge < -0.3 is 73.6 Å². The fourth-order valence-electron chi connectivity index (χ4n) is 11.5. The number of amides is 2. The lowest BCUT2D eigenvalue weighted by molar-refractivity contribution is -0.318. The third kappa shape index (κ3) is 15.9. The normalized spacial score (nSPS) is 40.4. The number of oxime groups is 1. The van der Waals surface area contributed by atoms with Crippen molar-refractivity contribution in [1.29, 1.82) is 0 Å². The number of likely N-dealkylation sites (N-methyl/N-ethyl adjacent to an activating group) is 2. The molecule has 0 aromatic rings. The summed E-state index contributed by atoms with van der Waals surface area (Å²) in [6.45, 7) is 18.3. The van der Waals surface area contributed by atoms with Crippen molar-refractivity contribution < 1.29 is 77.2 Å². The molecule has 72 heavy (non-hydrogen) atoms. The van der Waals surface area contributed by atoms with Gasteiger partial charge in [-0.2, -0.15) is 0 Å². The molecular formula is C52H92N4O16. The first-order valence-corrected chi connectivity index (χ1v) is 26.4. The van der Waals surface area contributed by atoms with Crippen LogP contribution in [0.2, 0.25) is 0 Å². The molecule has 4 fully saturated rings. The summed E-state index contributed by atoms with van der Waals surface area (Å²) in [6, 6.07) is -0.466. The molecule has 18 atom stereocenters. The number of alkyl carbamates (subject to hydrolysis) is 1. The number of hydrogen-bond acceptors (Lipinski definition) is 18. The maximum absolute atomic E-state index is 14.7. The summed E-state index contributed by atoms with van der Waals surface area (Å²) in [5, 5.41) is 47.2. The summed E-state index contributed by atoms with van der Waals surface area (Å²) in [7, 11) is 6.60. The van der Waals surface area contributed by atoms with Crippen molar-refractivity contribution in [1.82, 2.24) is 15.5 Å². The van der Waals surface area contributed by atoms with Gasteiger partial charge in [0.1, 0.15) is 23.9 Å². The first-order valence-electron chi connectivity index (χ1n) is 26.4. The lowest BCUT2D eigenvalue weighted by Gasteiger charge is -2.49. The van der Waals surface area contributed by atoms with Gasteiger partial charge in [-0.3, -0.25) is 14.4 Å². The molecule has 3 saturated heterocycles. The maximum Gasteiger partial charge on any atom is 0.408 e. The SMILES string of the molecule is CC[C@@H]1OC(=O)[C@H](C)[C@@H](O[C@H]2C[C@@](C)(OC)[C@@H](OC(C)=O)[C@H](C)O2)[C@H](C)[C@@H](OC2O[C@H](C)C[C@H](N(C)C)[C@H]2OC(=O)NCC(=O)NC)C(C)(O)C[C@@H](C)/C(=N\OCCCC2CCCCC2)[C@@H](C)[C@@H](O)[C@]1(C)O. The Morgan fingerprint density at radius 1 is 0.903 bits per heavy atom. The van der Waals surface area contributed by atoms with E-state index in [1.54, 1.807) is 48.5 Å². The third-order valence-corrected chi connectivity index (χ3v) is 15.7. The lowest BCUT2D eigenvalue weighted by atomic mass is 9.73. The maximum atomic E-state index is 14.7. The van der Waals surface area contributed by atoms with Crippen molar-refractivity contribution in [3.8, 4) is 0 Å². The van der Waals surface area contributed by atoms with Gasteiger partial charge in [0, 0.05) is 45.3 Å². The molecule has 0 bridgehead atoms. The summed E-state index contributed by atoms with van der Waals surface area (Å²) in [5.41, 5.74) is -4.59. The van der Waals surface area contributed by atoms with E-state index >= 15 is 0 Å². The minimum Gasteiger partial charge on any atom is -0.459 e. The van der Waals surface area contributed by atoms with Crippen molar-refractivity contribution in [2.75, 3.05) is 41.4 Å². The van der Waals surface area contributed by atoms with Gasteiger partial charge in [0.05, 0.1) is 60.3 Å². The Labute approximate surface area is 428 Å². The summed E-state index contributed by atoms with van der Waals surface area (Å²) in [5.74, 6) is -4.70. The van der Waals surface area contributed by atoms with Crippen molar-refractivity contribution in [3.63, 3.8) is 0 Å². The number of aliphatic hydroxyl groups is 3. The number of nitrogens with zero attached hydrogens (tertiary/aromatic N) is 2. The van der Waals surface area contributed by atoms with Gasteiger partial charge in [-0.05, 0) is 93.7 Å². The number of esters is 2. The van der Waals surface area contributed by atoms with Gasteiger partial charge >= 0.3 is 18.0 Å². The van der Waals surface area contributed by atoms with Gasteiger partial charge in [0.2, 0.25) is 5.91 Å². The molecule has 4 rings (SSSR count). The molecule has 0 spiro atoms. The summed E-state index contributed by atoms with van der Waals surface area (Å²) < 4.78 is 50.8. The van der Waals surface area contributed by atoms with Crippen LogP contribution in [0.1, 0.15) is 147 Å². The van der Waals surface area contributed by atoms with Crippen molar-refractivity contribution in [2.45, 2.75) is 231 Å². The van der Waals surface area contributed by atoms with Crippen LogP contribution in [0.15, 0.2) is 5.16 Å².